The van der Waals surface area contributed by atoms with Crippen molar-refractivity contribution in [1.29, 1.82) is 0 Å². The molecule has 11 rings (SSSR count). The molecule has 5 nitrogen and oxygen atoms in total. The zero-order valence-electron chi connectivity index (χ0n) is 31.2. The van der Waals surface area contributed by atoms with E-state index >= 15 is 0 Å². The molecule has 1 aromatic heterocycles. The molecule has 0 aliphatic carbocycles. The van der Waals surface area contributed by atoms with Crippen LogP contribution < -0.4 is 14.5 Å². The molecule has 0 atom stereocenters. The number of hydrogen-bond acceptors (Lipinski definition) is 6. The Kier molecular flexibility index (Phi) is 8.34. The molecule has 8 aromatic carbocycles. The molecule has 2 aliphatic rings. The molecule has 6 heteroatoms. The number of anilines is 6. The lowest BCUT2D eigenvalue weighted by atomic mass is 10.0. The Morgan fingerprint density at radius 3 is 1.33 bits per heavy atom. The van der Waals surface area contributed by atoms with Crippen LogP contribution in [0, 0.1) is 0 Å². The van der Waals surface area contributed by atoms with Crippen LogP contribution in [0.25, 0.3) is 45.0 Å². The maximum atomic E-state index is 6.47. The SMILES string of the molecule is c1ccc(-c2ccc(-c3cc(-c4ccccc4)nc(-c4cc(N5c6ccccc6Oc6ccccc65)cc(N5c6ccccc6Sc6ccccc65)c4)n3)cc2)cc1. The number of aromatic nitrogens is 2. The molecule has 0 saturated carbocycles. The zero-order valence-corrected chi connectivity index (χ0v) is 32.1. The number of ether oxygens (including phenoxy) is 1. The minimum atomic E-state index is 0.634. The van der Waals surface area contributed by atoms with Gasteiger partial charge in [0, 0.05) is 37.9 Å². The summed E-state index contributed by atoms with van der Waals surface area (Å²) in [6.07, 6.45) is 0. The second-order valence-electron chi connectivity index (χ2n) is 14.3. The van der Waals surface area contributed by atoms with Gasteiger partial charge >= 0.3 is 0 Å². The van der Waals surface area contributed by atoms with Crippen molar-refractivity contribution >= 4 is 45.9 Å². The van der Waals surface area contributed by atoms with Gasteiger partial charge in [-0.3, -0.25) is 0 Å². The summed E-state index contributed by atoms with van der Waals surface area (Å²) < 4.78 is 6.47. The Bertz CT molecular complexity index is 2760. The normalized spacial score (nSPS) is 12.5. The lowest BCUT2D eigenvalue weighted by molar-refractivity contribution is 0.477. The van der Waals surface area contributed by atoms with Crippen LogP contribution >= 0.6 is 11.8 Å². The lowest BCUT2D eigenvalue weighted by Gasteiger charge is -2.36. The van der Waals surface area contributed by atoms with Gasteiger partial charge in [-0.25, -0.2) is 9.97 Å². The third-order valence-electron chi connectivity index (χ3n) is 10.6. The number of benzene rings is 8. The number of rotatable bonds is 6. The minimum Gasteiger partial charge on any atom is -0.453 e. The first-order valence-corrected chi connectivity index (χ1v) is 20.1. The number of fused-ring (bicyclic) bond motifs is 4. The first kappa shape index (κ1) is 33.9. The standard InChI is InChI=1S/C52H34N4OS/c1-3-15-35(16-4-1)36-27-29-38(30-28-36)43-34-42(37-17-5-2-6-18-37)53-52(54-43)39-31-40(55-44-19-7-11-23-48(44)57-49-24-12-8-20-45(49)55)33-41(32-39)56-46-21-9-13-25-50(46)58-51-26-14-10-22-47(51)56/h1-34H. The highest BCUT2D eigenvalue weighted by molar-refractivity contribution is 7.99. The Morgan fingerprint density at radius 1 is 0.345 bits per heavy atom. The maximum Gasteiger partial charge on any atom is 0.160 e. The van der Waals surface area contributed by atoms with Crippen LogP contribution in [0.5, 0.6) is 11.5 Å². The molecule has 0 N–H and O–H groups in total. The van der Waals surface area contributed by atoms with Crippen molar-refractivity contribution < 1.29 is 4.74 Å². The third-order valence-corrected chi connectivity index (χ3v) is 11.8. The Morgan fingerprint density at radius 2 is 0.759 bits per heavy atom. The van der Waals surface area contributed by atoms with Crippen molar-refractivity contribution in [2.24, 2.45) is 0 Å². The molecule has 2 aliphatic heterocycles. The smallest absolute Gasteiger partial charge is 0.160 e. The highest BCUT2D eigenvalue weighted by Crippen LogP contribution is 2.55. The van der Waals surface area contributed by atoms with Gasteiger partial charge in [0.1, 0.15) is 0 Å². The minimum absolute atomic E-state index is 0.634. The van der Waals surface area contributed by atoms with Crippen molar-refractivity contribution in [3.8, 4) is 56.5 Å². The molecule has 0 bridgehead atoms. The van der Waals surface area contributed by atoms with E-state index in [4.69, 9.17) is 14.7 Å². The molecule has 0 fully saturated rings. The highest BCUT2D eigenvalue weighted by atomic mass is 32.2. The largest absolute Gasteiger partial charge is 0.453 e. The second kappa shape index (κ2) is 14.3. The molecule has 0 radical (unpaired) electrons. The third kappa shape index (κ3) is 6.08. The monoisotopic (exact) mass is 762 g/mol. The topological polar surface area (TPSA) is 41.5 Å². The molecule has 0 unspecified atom stereocenters. The average molecular weight is 763 g/mol. The van der Waals surface area contributed by atoms with E-state index in [1.807, 2.05) is 36.4 Å². The van der Waals surface area contributed by atoms with E-state index in [-0.39, 0.29) is 0 Å². The fraction of sp³-hybridized carbons (Fsp3) is 0. The fourth-order valence-corrected chi connectivity index (χ4v) is 8.95. The quantitative estimate of drug-likeness (QED) is 0.168. The van der Waals surface area contributed by atoms with Gasteiger partial charge in [-0.1, -0.05) is 145 Å². The Balaban J connectivity index is 1.15. The van der Waals surface area contributed by atoms with Gasteiger partial charge < -0.3 is 14.5 Å². The Hall–Kier alpha value is -7.41. The summed E-state index contributed by atoms with van der Waals surface area (Å²) in [5, 5.41) is 0. The van der Waals surface area contributed by atoms with E-state index in [1.165, 1.54) is 15.4 Å². The lowest BCUT2D eigenvalue weighted by Crippen LogP contribution is -2.18. The van der Waals surface area contributed by atoms with Crippen molar-refractivity contribution in [3.63, 3.8) is 0 Å². The van der Waals surface area contributed by atoms with Gasteiger partial charge in [0.25, 0.3) is 0 Å². The zero-order chi connectivity index (χ0) is 38.4. The Labute approximate surface area is 341 Å². The van der Waals surface area contributed by atoms with E-state index in [0.29, 0.717) is 5.82 Å². The van der Waals surface area contributed by atoms with Crippen molar-refractivity contribution in [2.45, 2.75) is 9.79 Å². The molecule has 274 valence electrons. The molecule has 0 spiro atoms. The fourth-order valence-electron chi connectivity index (χ4n) is 7.89. The van der Waals surface area contributed by atoms with E-state index in [2.05, 4.69) is 180 Å². The molecule has 0 saturated heterocycles. The first-order chi connectivity index (χ1) is 28.7. The van der Waals surface area contributed by atoms with Crippen LogP contribution in [-0.2, 0) is 0 Å². The van der Waals surface area contributed by atoms with Gasteiger partial charge in [0.05, 0.1) is 34.1 Å². The first-order valence-electron chi connectivity index (χ1n) is 19.3. The average Bonchev–Trinajstić information content (AvgIpc) is 3.30. The summed E-state index contributed by atoms with van der Waals surface area (Å²) in [5.74, 6) is 2.22. The van der Waals surface area contributed by atoms with Crippen molar-refractivity contribution in [2.75, 3.05) is 9.80 Å². The summed E-state index contributed by atoms with van der Waals surface area (Å²) >= 11 is 1.80. The van der Waals surface area contributed by atoms with Crippen LogP contribution in [0.15, 0.2) is 216 Å². The number of nitrogens with zero attached hydrogens (tertiary/aromatic N) is 4. The van der Waals surface area contributed by atoms with Crippen LogP contribution in [0.1, 0.15) is 0 Å². The number of para-hydroxylation sites is 6. The summed E-state index contributed by atoms with van der Waals surface area (Å²) in [6, 6.07) is 72.0. The van der Waals surface area contributed by atoms with E-state index in [1.54, 1.807) is 11.8 Å². The van der Waals surface area contributed by atoms with Gasteiger partial charge in [-0.15, -0.1) is 0 Å². The predicted molar refractivity (Wildman–Crippen MR) is 237 cm³/mol. The molecular weight excluding hydrogens is 729 g/mol. The van der Waals surface area contributed by atoms with Crippen LogP contribution in [-0.4, -0.2) is 9.97 Å². The summed E-state index contributed by atoms with van der Waals surface area (Å²) in [7, 11) is 0. The van der Waals surface area contributed by atoms with Crippen molar-refractivity contribution in [1.82, 2.24) is 9.97 Å². The predicted octanol–water partition coefficient (Wildman–Crippen LogP) is 14.7. The second-order valence-corrected chi connectivity index (χ2v) is 15.3. The van der Waals surface area contributed by atoms with Crippen LogP contribution in [0.3, 0.4) is 0 Å². The van der Waals surface area contributed by atoms with Gasteiger partial charge in [-0.2, -0.15) is 0 Å². The number of hydrogen-bond donors (Lipinski definition) is 0. The highest BCUT2D eigenvalue weighted by Gasteiger charge is 2.29. The van der Waals surface area contributed by atoms with E-state index < -0.39 is 0 Å². The van der Waals surface area contributed by atoms with E-state index in [0.717, 1.165) is 79.3 Å². The maximum absolute atomic E-state index is 6.47. The van der Waals surface area contributed by atoms with Crippen molar-refractivity contribution in [3.05, 3.63) is 206 Å². The molecule has 58 heavy (non-hydrogen) atoms. The molecule has 0 amide bonds. The van der Waals surface area contributed by atoms with E-state index in [9.17, 15) is 0 Å². The summed E-state index contributed by atoms with van der Waals surface area (Å²) in [6.45, 7) is 0. The summed E-state index contributed by atoms with van der Waals surface area (Å²) in [4.78, 5) is 17.8. The van der Waals surface area contributed by atoms with Gasteiger partial charge in [0.2, 0.25) is 0 Å². The van der Waals surface area contributed by atoms with Crippen LogP contribution in [0.4, 0.5) is 34.1 Å². The van der Waals surface area contributed by atoms with Crippen LogP contribution in [0.2, 0.25) is 0 Å². The summed E-state index contributed by atoms with van der Waals surface area (Å²) in [5.41, 5.74) is 13.1. The van der Waals surface area contributed by atoms with Gasteiger partial charge in [0.15, 0.2) is 17.3 Å². The molecule has 9 aromatic rings. The molecule has 3 heterocycles. The van der Waals surface area contributed by atoms with Gasteiger partial charge in [-0.05, 0) is 83.9 Å². The molecular formula is C52H34N4OS.